The SMILES string of the molecule is [Sc].[c-]1cnc2cccnc2c1. The van der Waals surface area contributed by atoms with Gasteiger partial charge in [0.05, 0.1) is 0 Å². The van der Waals surface area contributed by atoms with E-state index in [2.05, 4.69) is 16.0 Å². The summed E-state index contributed by atoms with van der Waals surface area (Å²) in [4.78, 5) is 8.15. The Hall–Kier alpha value is -0.570. The van der Waals surface area contributed by atoms with E-state index in [1.54, 1.807) is 12.4 Å². The predicted octanol–water partition coefficient (Wildman–Crippen LogP) is 1.43. The van der Waals surface area contributed by atoms with Crippen LogP contribution in [0, 0.1) is 6.07 Å². The van der Waals surface area contributed by atoms with Gasteiger partial charge >= 0.3 is 0 Å². The first-order valence-electron chi connectivity index (χ1n) is 3.03. The Morgan fingerprint density at radius 1 is 1.18 bits per heavy atom. The zero-order valence-corrected chi connectivity index (χ0v) is 7.66. The molecule has 2 nitrogen and oxygen atoms in total. The van der Waals surface area contributed by atoms with Gasteiger partial charge in [0.15, 0.2) is 0 Å². The molecule has 0 spiro atoms. The van der Waals surface area contributed by atoms with Gasteiger partial charge in [-0.15, -0.1) is 0 Å². The molecule has 2 aromatic rings. The second kappa shape index (κ2) is 3.72. The van der Waals surface area contributed by atoms with E-state index in [-0.39, 0.29) is 25.8 Å². The van der Waals surface area contributed by atoms with Gasteiger partial charge in [-0.1, -0.05) is 17.8 Å². The average molecular weight is 174 g/mol. The fraction of sp³-hybridized carbons (Fsp3) is 0. The van der Waals surface area contributed by atoms with Crippen molar-refractivity contribution in [2.45, 2.75) is 0 Å². The number of aromatic nitrogens is 2. The minimum absolute atomic E-state index is 0. The summed E-state index contributed by atoms with van der Waals surface area (Å²) in [5.41, 5.74) is 1.81. The Labute approximate surface area is 83.5 Å². The second-order valence-corrected chi connectivity index (χ2v) is 1.98. The monoisotopic (exact) mass is 174 g/mol. The molecule has 0 amide bonds. The fourth-order valence-corrected chi connectivity index (χ4v) is 0.852. The number of hydrogen-bond acceptors (Lipinski definition) is 2. The number of rotatable bonds is 0. The molecular weight excluding hydrogens is 169 g/mol. The molecule has 11 heavy (non-hydrogen) atoms. The Morgan fingerprint density at radius 2 is 2.09 bits per heavy atom. The molecule has 0 unspecified atom stereocenters. The summed E-state index contributed by atoms with van der Waals surface area (Å²) in [6.45, 7) is 0. The maximum absolute atomic E-state index is 4.09. The van der Waals surface area contributed by atoms with Crippen LogP contribution in [-0.2, 0) is 25.8 Å². The minimum Gasteiger partial charge on any atom is -0.349 e. The van der Waals surface area contributed by atoms with E-state index in [1.807, 2.05) is 18.2 Å². The van der Waals surface area contributed by atoms with Gasteiger partial charge in [-0.3, -0.25) is 4.98 Å². The second-order valence-electron chi connectivity index (χ2n) is 1.98. The van der Waals surface area contributed by atoms with Gasteiger partial charge in [-0.25, -0.2) is 12.1 Å². The van der Waals surface area contributed by atoms with E-state index >= 15 is 0 Å². The molecule has 0 fully saturated rings. The molecule has 2 heterocycles. The number of fused-ring (bicyclic) bond motifs is 1. The van der Waals surface area contributed by atoms with Crippen molar-refractivity contribution in [1.82, 2.24) is 9.97 Å². The standard InChI is InChI=1S/C8H5N2.Sc/c1-3-7-8(9-5-1)4-2-6-10-7;/h1,3-6H;/q-1;. The van der Waals surface area contributed by atoms with Crippen molar-refractivity contribution in [3.05, 3.63) is 36.7 Å². The molecule has 0 atom stereocenters. The third-order valence-corrected chi connectivity index (χ3v) is 1.31. The van der Waals surface area contributed by atoms with Crippen molar-refractivity contribution in [3.63, 3.8) is 0 Å². The molecule has 0 bridgehead atoms. The summed E-state index contributed by atoms with van der Waals surface area (Å²) in [6.07, 6.45) is 3.39. The van der Waals surface area contributed by atoms with E-state index in [9.17, 15) is 0 Å². The zero-order chi connectivity index (χ0) is 6.81. The predicted molar refractivity (Wildman–Crippen MR) is 38.4 cm³/mol. The normalized spacial score (nSPS) is 9.09. The van der Waals surface area contributed by atoms with Crippen molar-refractivity contribution in [1.29, 1.82) is 0 Å². The van der Waals surface area contributed by atoms with Gasteiger partial charge in [0.1, 0.15) is 0 Å². The molecule has 2 rings (SSSR count). The van der Waals surface area contributed by atoms with Crippen LogP contribution in [0.25, 0.3) is 11.0 Å². The maximum atomic E-state index is 4.09. The molecule has 0 saturated heterocycles. The Balaban J connectivity index is 0.000000605. The van der Waals surface area contributed by atoms with Crippen LogP contribution in [-0.4, -0.2) is 9.97 Å². The first-order valence-corrected chi connectivity index (χ1v) is 3.03. The molecule has 0 saturated carbocycles. The molecular formula is C8H5N2Sc-. The summed E-state index contributed by atoms with van der Waals surface area (Å²) >= 11 is 0. The van der Waals surface area contributed by atoms with Gasteiger partial charge in [-0.05, 0) is 6.07 Å². The van der Waals surface area contributed by atoms with Gasteiger partial charge in [-0.2, -0.15) is 0 Å². The van der Waals surface area contributed by atoms with E-state index in [0.29, 0.717) is 0 Å². The van der Waals surface area contributed by atoms with Crippen LogP contribution < -0.4 is 0 Å². The Bertz CT molecular complexity index is 283. The quantitative estimate of drug-likeness (QED) is 0.564. The topological polar surface area (TPSA) is 25.8 Å². The van der Waals surface area contributed by atoms with Crippen LogP contribution in [0.3, 0.4) is 0 Å². The first kappa shape index (κ1) is 8.53. The Morgan fingerprint density at radius 3 is 2.91 bits per heavy atom. The van der Waals surface area contributed by atoms with Crippen LogP contribution in [0.5, 0.6) is 0 Å². The largest absolute Gasteiger partial charge is 0.349 e. The molecule has 0 aromatic carbocycles. The Kier molecular flexibility index (Phi) is 2.88. The number of hydrogen-bond donors (Lipinski definition) is 0. The molecule has 3 heteroatoms. The van der Waals surface area contributed by atoms with E-state index < -0.39 is 0 Å². The van der Waals surface area contributed by atoms with E-state index in [1.165, 1.54) is 0 Å². The van der Waals surface area contributed by atoms with Crippen molar-refractivity contribution in [2.24, 2.45) is 0 Å². The third-order valence-electron chi connectivity index (χ3n) is 1.31. The van der Waals surface area contributed by atoms with Crippen molar-refractivity contribution >= 4 is 11.0 Å². The van der Waals surface area contributed by atoms with Crippen molar-refractivity contribution in [2.75, 3.05) is 0 Å². The van der Waals surface area contributed by atoms with Crippen LogP contribution >= 0.6 is 0 Å². The number of pyridine rings is 2. The van der Waals surface area contributed by atoms with Gasteiger partial charge < -0.3 is 4.98 Å². The molecule has 0 aliphatic carbocycles. The summed E-state index contributed by atoms with van der Waals surface area (Å²) in [5, 5.41) is 0. The van der Waals surface area contributed by atoms with Crippen LogP contribution in [0.1, 0.15) is 0 Å². The summed E-state index contributed by atoms with van der Waals surface area (Å²) in [6, 6.07) is 8.48. The molecule has 0 aliphatic heterocycles. The van der Waals surface area contributed by atoms with Gasteiger partial charge in [0.25, 0.3) is 0 Å². The zero-order valence-electron chi connectivity index (χ0n) is 5.86. The number of nitrogens with zero attached hydrogens (tertiary/aromatic N) is 2. The molecule has 0 aliphatic rings. The summed E-state index contributed by atoms with van der Waals surface area (Å²) in [5.74, 6) is 0. The molecule has 0 N–H and O–H groups in total. The molecule has 51 valence electrons. The first-order chi connectivity index (χ1) is 4.97. The summed E-state index contributed by atoms with van der Waals surface area (Å²) < 4.78 is 0. The van der Waals surface area contributed by atoms with Gasteiger partial charge in [0.2, 0.25) is 0 Å². The molecule has 2 aromatic heterocycles. The average Bonchev–Trinajstić information content (AvgIpc) is 2.05. The fourth-order valence-electron chi connectivity index (χ4n) is 0.852. The smallest absolute Gasteiger partial charge is 0.00550 e. The van der Waals surface area contributed by atoms with Crippen molar-refractivity contribution < 1.29 is 25.8 Å². The third kappa shape index (κ3) is 1.71. The van der Waals surface area contributed by atoms with E-state index in [0.717, 1.165) is 11.0 Å². The van der Waals surface area contributed by atoms with Crippen molar-refractivity contribution in [3.8, 4) is 0 Å². The van der Waals surface area contributed by atoms with Crippen LogP contribution in [0.15, 0.2) is 30.6 Å². The maximum Gasteiger partial charge on any atom is 0.00550 e. The minimum atomic E-state index is 0. The van der Waals surface area contributed by atoms with E-state index in [4.69, 9.17) is 0 Å². The molecule has 1 radical (unpaired) electrons. The summed E-state index contributed by atoms with van der Waals surface area (Å²) in [7, 11) is 0. The van der Waals surface area contributed by atoms with Crippen LogP contribution in [0.2, 0.25) is 0 Å². The van der Waals surface area contributed by atoms with Gasteiger partial charge in [0, 0.05) is 37.6 Å². The van der Waals surface area contributed by atoms with Crippen LogP contribution in [0.4, 0.5) is 0 Å².